The molecular formula is C81H130O14S2. The molecule has 8 rings (SSSR count). The molecule has 2 N–H and O–H groups in total. The number of carbonyl (C=O) groups excluding carboxylic acids is 1. The molecule has 0 radical (unpaired) electrons. The highest BCUT2D eigenvalue weighted by atomic mass is 32.2. The number of rotatable bonds is 33. The standard InChI is InChI=1S/C41H66O7S.C35H54O6S.C5H10O/c1-11-27(2)22-38-32(7)36(26-49(44,45)35-17-13-12-14-18-35)39(48-38)25-29(4)31(6)28(3)23-33(42)19-20-37-30(5)24-34(47-37)16-15-21-46-40(43)41(8,9)10;1-7-23(2)18-33-27(6)31(22-42(37,38)30-13-9-8-10-14-30)35(41-33)21-34-26(5)24(3)19-29(40-34)15-16-32-25(4)20-28(39-32)12-11-17-36;1-5-3-2-4-6-5/h12-14,17-18,27-29,32-34,36-39,42H,5-6,11,15-16,19-26H2,1-4,7-10H3;8-10,13-14,23-24,27-29,31-36H,4-5,7,11-12,15-22H2,1-3,6H3;5H,2-4H2,1H3/t27-,28-,29-,32-,33?,34+,36-,37?,38-,39+;23-,24-,27-,28+,29+,31-,32?,33-,34?,35+;/m11./s1. The van der Waals surface area contributed by atoms with Gasteiger partial charge in [0.05, 0.1) is 107 Å². The molecular weight excluding hydrogens is 1260 g/mol. The van der Waals surface area contributed by atoms with Crippen LogP contribution in [0.3, 0.4) is 0 Å². The molecule has 2 aromatic rings. The van der Waals surface area contributed by atoms with Crippen LogP contribution in [0.5, 0.6) is 0 Å². The Morgan fingerprint density at radius 1 is 0.639 bits per heavy atom. The van der Waals surface area contributed by atoms with Gasteiger partial charge in [-0.15, -0.1) is 0 Å². The van der Waals surface area contributed by atoms with E-state index in [0.717, 1.165) is 112 Å². The summed E-state index contributed by atoms with van der Waals surface area (Å²) >= 11 is 0. The summed E-state index contributed by atoms with van der Waals surface area (Å²) in [5.74, 6) is 1.59. The van der Waals surface area contributed by atoms with Crippen molar-refractivity contribution in [3.05, 3.63) is 109 Å². The largest absolute Gasteiger partial charge is 0.465 e. The van der Waals surface area contributed by atoms with Crippen molar-refractivity contribution in [2.45, 2.75) is 301 Å². The van der Waals surface area contributed by atoms with E-state index in [1.54, 1.807) is 48.5 Å². The molecule has 2 aromatic carbocycles. The minimum atomic E-state index is -3.46. The van der Waals surface area contributed by atoms with E-state index in [9.17, 15) is 26.7 Å². The van der Waals surface area contributed by atoms with Gasteiger partial charge in [0.25, 0.3) is 0 Å². The van der Waals surface area contributed by atoms with Crippen molar-refractivity contribution in [2.24, 2.45) is 58.7 Å². The van der Waals surface area contributed by atoms with Crippen LogP contribution in [0.4, 0.5) is 0 Å². The summed E-state index contributed by atoms with van der Waals surface area (Å²) < 4.78 is 97.2. The van der Waals surface area contributed by atoms with Gasteiger partial charge in [0.2, 0.25) is 0 Å². The van der Waals surface area contributed by atoms with Crippen molar-refractivity contribution in [1.29, 1.82) is 0 Å². The van der Waals surface area contributed by atoms with Gasteiger partial charge in [-0.25, -0.2) is 16.8 Å². The van der Waals surface area contributed by atoms with Crippen molar-refractivity contribution in [3.63, 3.8) is 0 Å². The lowest BCUT2D eigenvalue weighted by atomic mass is 9.80. The maximum absolute atomic E-state index is 13.5. The van der Waals surface area contributed by atoms with Gasteiger partial charge in [-0.3, -0.25) is 4.79 Å². The predicted octanol–water partition coefficient (Wildman–Crippen LogP) is 16.9. The minimum Gasteiger partial charge on any atom is -0.465 e. The number of sulfone groups is 2. The van der Waals surface area contributed by atoms with Gasteiger partial charge in [0.15, 0.2) is 19.7 Å². The van der Waals surface area contributed by atoms with Gasteiger partial charge in [0.1, 0.15) is 0 Å². The molecule has 6 aliphatic heterocycles. The Bertz CT molecular complexity index is 2960. The number of carbonyl (C=O) groups is 1. The Morgan fingerprint density at radius 3 is 1.63 bits per heavy atom. The number of esters is 1. The molecule has 0 aromatic heterocycles. The Balaban J connectivity index is 0.000000284. The van der Waals surface area contributed by atoms with Crippen LogP contribution in [-0.2, 0) is 57.6 Å². The molecule has 6 heterocycles. The van der Waals surface area contributed by atoms with Gasteiger partial charge >= 0.3 is 5.97 Å². The van der Waals surface area contributed by atoms with E-state index in [-0.39, 0.29) is 121 Å². The second kappa shape index (κ2) is 39.2. The topological polar surface area (TPSA) is 190 Å². The third-order valence-electron chi connectivity index (χ3n) is 22.3. The summed E-state index contributed by atoms with van der Waals surface area (Å²) in [6.07, 6.45) is 17.2. The summed E-state index contributed by atoms with van der Waals surface area (Å²) in [5, 5.41) is 20.2. The Hall–Kier alpha value is -3.55. The van der Waals surface area contributed by atoms with Crippen molar-refractivity contribution in [3.8, 4) is 0 Å². The first-order chi connectivity index (χ1) is 45.8. The number of hydrogen-bond donors (Lipinski definition) is 2. The Morgan fingerprint density at radius 2 is 1.14 bits per heavy atom. The van der Waals surface area contributed by atoms with Crippen LogP contribution < -0.4 is 0 Å². The van der Waals surface area contributed by atoms with E-state index in [1.165, 1.54) is 12.8 Å². The molecule has 5 unspecified atom stereocenters. The van der Waals surface area contributed by atoms with Crippen LogP contribution in [0.25, 0.3) is 0 Å². The smallest absolute Gasteiger partial charge is 0.311 e. The first kappa shape index (κ1) is 82.4. The predicted molar refractivity (Wildman–Crippen MR) is 391 cm³/mol. The fourth-order valence-corrected chi connectivity index (χ4v) is 18.7. The van der Waals surface area contributed by atoms with Crippen molar-refractivity contribution >= 4 is 25.6 Å². The highest BCUT2D eigenvalue weighted by Gasteiger charge is 2.48. The maximum atomic E-state index is 13.5. The number of hydrogen-bond acceptors (Lipinski definition) is 14. The molecule has 0 amide bonds. The number of aliphatic hydroxyl groups excluding tert-OH is 2. The molecule has 0 spiro atoms. The Labute approximate surface area is 588 Å². The molecule has 0 saturated carbocycles. The molecule has 14 nitrogen and oxygen atoms in total. The second-order valence-electron chi connectivity index (χ2n) is 31.4. The number of benzene rings is 2. The van der Waals surface area contributed by atoms with Crippen LogP contribution in [0.2, 0.25) is 0 Å². The third kappa shape index (κ3) is 25.4. The van der Waals surface area contributed by atoms with E-state index in [4.69, 9.17) is 38.3 Å². The van der Waals surface area contributed by atoms with Crippen LogP contribution in [-0.4, -0.2) is 138 Å². The van der Waals surface area contributed by atoms with Gasteiger partial charge in [0, 0.05) is 31.5 Å². The normalized spacial score (nSPS) is 30.8. The van der Waals surface area contributed by atoms with E-state index in [1.807, 2.05) is 32.9 Å². The monoisotopic (exact) mass is 1390 g/mol. The number of ether oxygens (including phenoxy) is 7. The molecule has 6 aliphatic rings. The molecule has 550 valence electrons. The average Bonchev–Trinajstić information content (AvgIpc) is 1.68. The highest BCUT2D eigenvalue weighted by molar-refractivity contribution is 7.91. The zero-order chi connectivity index (χ0) is 71.4. The lowest BCUT2D eigenvalue weighted by Crippen LogP contribution is -2.38. The number of allylic oxidation sites excluding steroid dienone is 1. The van der Waals surface area contributed by atoms with Crippen molar-refractivity contribution in [2.75, 3.05) is 31.3 Å². The molecule has 6 fully saturated rings. The third-order valence-corrected chi connectivity index (χ3v) is 25.9. The quantitative estimate of drug-likeness (QED) is 0.0390. The van der Waals surface area contributed by atoms with E-state index in [0.29, 0.717) is 72.4 Å². The van der Waals surface area contributed by atoms with Gasteiger partial charge in [-0.05, 0) is 219 Å². The van der Waals surface area contributed by atoms with E-state index in [2.05, 4.69) is 95.6 Å². The lowest BCUT2D eigenvalue weighted by Gasteiger charge is -2.38. The van der Waals surface area contributed by atoms with Crippen LogP contribution in [0, 0.1) is 58.7 Å². The van der Waals surface area contributed by atoms with Crippen LogP contribution in [0.1, 0.15) is 218 Å². The van der Waals surface area contributed by atoms with Crippen molar-refractivity contribution in [1.82, 2.24) is 0 Å². The average molecular weight is 1390 g/mol. The van der Waals surface area contributed by atoms with Gasteiger partial charge in [-0.1, -0.05) is 143 Å². The first-order valence-corrected chi connectivity index (χ1v) is 40.8. The van der Waals surface area contributed by atoms with Crippen LogP contribution >= 0.6 is 0 Å². The zero-order valence-corrected chi connectivity index (χ0v) is 63.6. The summed E-state index contributed by atoms with van der Waals surface area (Å²) in [5.41, 5.74) is 3.87. The highest BCUT2D eigenvalue weighted by Crippen LogP contribution is 2.45. The van der Waals surface area contributed by atoms with Gasteiger partial charge < -0.3 is 43.4 Å². The Kier molecular flexibility index (Phi) is 33.3. The summed E-state index contributed by atoms with van der Waals surface area (Å²) in [7, 11) is -6.92. The zero-order valence-electron chi connectivity index (χ0n) is 62.0. The maximum Gasteiger partial charge on any atom is 0.311 e. The van der Waals surface area contributed by atoms with Gasteiger partial charge in [-0.2, -0.15) is 0 Å². The first-order valence-electron chi connectivity index (χ1n) is 37.5. The molecule has 21 atom stereocenters. The molecule has 16 heteroatoms. The minimum absolute atomic E-state index is 0.0359. The number of aliphatic hydroxyl groups is 2. The molecule has 97 heavy (non-hydrogen) atoms. The summed E-state index contributed by atoms with van der Waals surface area (Å²) in [4.78, 5) is 12.7. The van der Waals surface area contributed by atoms with E-state index < -0.39 is 31.2 Å². The fourth-order valence-electron chi connectivity index (χ4n) is 15.1. The molecule has 0 aliphatic carbocycles. The molecule has 6 saturated heterocycles. The summed E-state index contributed by atoms with van der Waals surface area (Å²) in [6.45, 7) is 46.3. The molecule has 0 bridgehead atoms. The SMILES string of the molecule is C=C1C[C@H](CCCO)OC1CC[C@H]1C[C@@H](C)C(=C)C(C[C@@H]2O[C@H](C[C@H](C)CC)[C@H](C)[C@H]2CS(=O)(=O)c2ccccc2)O1.C=C1C[C@H](CCCOC(=O)C(C)(C)C)OC1CCC(O)C[C@@H](C)C(=C)[C@H](C)C[C@@H]1O[C@H](C[C@H](C)CC)[C@H](C)[C@H]1CS(=O)(=O)c1ccccc1.CC1CCCO1. The fraction of sp³-hybridized carbons (Fsp3) is 0.741. The van der Waals surface area contributed by atoms with E-state index >= 15 is 0 Å². The summed E-state index contributed by atoms with van der Waals surface area (Å²) in [6, 6.07) is 17.6. The van der Waals surface area contributed by atoms with Crippen molar-refractivity contribution < 1.29 is 65.0 Å². The lowest BCUT2D eigenvalue weighted by molar-refractivity contribution is -0.153. The van der Waals surface area contributed by atoms with Crippen LogP contribution in [0.15, 0.2) is 119 Å². The second-order valence-corrected chi connectivity index (χ2v) is 35.5.